The lowest BCUT2D eigenvalue weighted by Crippen LogP contribution is -2.64. The van der Waals surface area contributed by atoms with Crippen molar-refractivity contribution < 1.29 is 58.1 Å². The molecule has 2 aliphatic heterocycles. The number of methoxy groups -OCH3 is 1. The molecule has 2 saturated heterocycles. The van der Waals surface area contributed by atoms with Gasteiger partial charge in [-0.2, -0.15) is 0 Å². The Labute approximate surface area is 259 Å². The lowest BCUT2D eigenvalue weighted by molar-refractivity contribution is -0.353. The van der Waals surface area contributed by atoms with Crippen molar-refractivity contribution in [1.29, 1.82) is 0 Å². The summed E-state index contributed by atoms with van der Waals surface area (Å²) in [5.41, 5.74) is -0.703. The molecule has 2 fully saturated rings. The van der Waals surface area contributed by atoms with Gasteiger partial charge in [0.25, 0.3) is 0 Å². The van der Waals surface area contributed by atoms with Gasteiger partial charge in [-0.05, 0) is 50.6 Å². The van der Waals surface area contributed by atoms with Gasteiger partial charge in [0, 0.05) is 28.7 Å². The van der Waals surface area contributed by atoms with Crippen LogP contribution in [0.2, 0.25) is 0 Å². The molecule has 0 saturated carbocycles. The van der Waals surface area contributed by atoms with Gasteiger partial charge >= 0.3 is 11.3 Å². The number of ether oxygens (including phenoxy) is 5. The third-order valence-electron chi connectivity index (χ3n) is 9.02. The lowest BCUT2D eigenvalue weighted by atomic mass is 9.96. The molecular weight excluding hydrogens is 608 g/mol. The normalized spacial score (nSPS) is 32.2. The van der Waals surface area contributed by atoms with Crippen molar-refractivity contribution in [2.75, 3.05) is 7.11 Å². The van der Waals surface area contributed by atoms with Gasteiger partial charge in [-0.15, -0.1) is 0 Å². The Bertz CT molecular complexity index is 2070. The molecule has 244 valence electrons. The van der Waals surface area contributed by atoms with Crippen molar-refractivity contribution in [3.8, 4) is 11.5 Å². The van der Waals surface area contributed by atoms with E-state index in [2.05, 4.69) is 0 Å². The summed E-state index contributed by atoms with van der Waals surface area (Å²) in [6.45, 7) is 4.80. The van der Waals surface area contributed by atoms with Crippen LogP contribution in [0.15, 0.2) is 48.8 Å². The molecule has 0 amide bonds. The Kier molecular flexibility index (Phi) is 7.45. The quantitative estimate of drug-likeness (QED) is 0.104. The summed E-state index contributed by atoms with van der Waals surface area (Å²) in [6, 6.07) is 7.58. The highest BCUT2D eigenvalue weighted by Crippen LogP contribution is 2.43. The zero-order valence-electron chi connectivity index (χ0n) is 25.1. The number of hydrogen-bond donors (Lipinski definition) is 5. The predicted molar refractivity (Wildman–Crippen MR) is 160 cm³/mol. The van der Waals surface area contributed by atoms with E-state index in [0.717, 1.165) is 0 Å². The highest BCUT2D eigenvalue weighted by molar-refractivity contribution is 6.27. The van der Waals surface area contributed by atoms with Crippen LogP contribution in [0.1, 0.15) is 19.4 Å². The monoisotopic (exact) mass is 640 g/mol. The van der Waals surface area contributed by atoms with Crippen LogP contribution < -0.4 is 16.0 Å². The fourth-order valence-electron chi connectivity index (χ4n) is 6.53. The number of hydrogen-bond acceptors (Lipinski definition) is 14. The molecule has 3 aromatic carbocycles. The van der Waals surface area contributed by atoms with Gasteiger partial charge in [-0.25, -0.2) is 9.59 Å². The second-order valence-corrected chi connectivity index (χ2v) is 11.8. The van der Waals surface area contributed by atoms with E-state index in [9.17, 15) is 35.1 Å². The maximum absolute atomic E-state index is 13.2. The molecule has 0 bridgehead atoms. The molecule has 14 nitrogen and oxygen atoms in total. The zero-order valence-corrected chi connectivity index (χ0v) is 25.1. The van der Waals surface area contributed by atoms with Crippen molar-refractivity contribution in [2.24, 2.45) is 0 Å². The van der Waals surface area contributed by atoms with E-state index in [-0.39, 0.29) is 49.6 Å². The third kappa shape index (κ3) is 4.56. The Morgan fingerprint density at radius 3 is 2.15 bits per heavy atom. The van der Waals surface area contributed by atoms with Crippen LogP contribution in [0.25, 0.3) is 43.5 Å². The molecule has 5 aromatic rings. The molecule has 0 unspecified atom stereocenters. The van der Waals surface area contributed by atoms with Crippen LogP contribution in [0.5, 0.6) is 11.5 Å². The number of aliphatic hydroxyl groups is 4. The number of rotatable bonds is 5. The SMILES string of the molecule is CO[C@H]1[C@@H](O)[C@@H](O[C@H]2[C@@H](Oc3ccc4c(O)c5c(=O)oc6ccc(C)c7c(=O)oc(c4c3)c5c67)O[C@H](C)[C@@H](O)[C@H]2O)O[C@H](C)[C@H]1O. The Morgan fingerprint density at radius 2 is 1.41 bits per heavy atom. The smallest absolute Gasteiger partial charge is 0.348 e. The molecule has 10 atom stereocenters. The number of phenols is 1. The van der Waals surface area contributed by atoms with E-state index in [1.54, 1.807) is 26.0 Å². The largest absolute Gasteiger partial charge is 0.506 e. The molecule has 2 aromatic heterocycles. The number of phenolic OH excluding ortho intramolecular Hbond substituents is 1. The van der Waals surface area contributed by atoms with Crippen LogP contribution in [0, 0.1) is 6.92 Å². The van der Waals surface area contributed by atoms with E-state index < -0.39 is 72.7 Å². The number of benzene rings is 3. The summed E-state index contributed by atoms with van der Waals surface area (Å²) in [5.74, 6) is -0.262. The van der Waals surface area contributed by atoms with E-state index in [1.807, 2.05) is 0 Å². The summed E-state index contributed by atoms with van der Waals surface area (Å²) >= 11 is 0. The predicted octanol–water partition coefficient (Wildman–Crippen LogP) is 1.37. The number of aromatic hydroxyl groups is 1. The Morgan fingerprint density at radius 1 is 0.717 bits per heavy atom. The Hall–Kier alpha value is -3.86. The van der Waals surface area contributed by atoms with Crippen molar-refractivity contribution in [3.63, 3.8) is 0 Å². The van der Waals surface area contributed by atoms with Crippen LogP contribution in [0.3, 0.4) is 0 Å². The summed E-state index contributed by atoms with van der Waals surface area (Å²) < 4.78 is 40.1. The molecule has 5 N–H and O–H groups in total. The van der Waals surface area contributed by atoms with Gasteiger partial charge in [0.2, 0.25) is 6.29 Å². The highest BCUT2D eigenvalue weighted by atomic mass is 16.8. The van der Waals surface area contributed by atoms with E-state index in [1.165, 1.54) is 32.2 Å². The summed E-state index contributed by atoms with van der Waals surface area (Å²) in [6.07, 6.45) is -12.6. The fraction of sp³-hybridized carbons (Fsp3) is 0.438. The summed E-state index contributed by atoms with van der Waals surface area (Å²) in [4.78, 5) is 26.2. The molecule has 0 aliphatic carbocycles. The zero-order chi connectivity index (χ0) is 32.8. The summed E-state index contributed by atoms with van der Waals surface area (Å²) in [5, 5.41) is 55.0. The molecule has 4 heterocycles. The molecule has 0 spiro atoms. The minimum Gasteiger partial charge on any atom is -0.506 e. The molecule has 0 radical (unpaired) electrons. The van der Waals surface area contributed by atoms with Gasteiger partial charge in [0.15, 0.2) is 12.4 Å². The van der Waals surface area contributed by atoms with Crippen LogP contribution in [-0.2, 0) is 18.9 Å². The van der Waals surface area contributed by atoms with Gasteiger partial charge in [-0.1, -0.05) is 6.07 Å². The van der Waals surface area contributed by atoms with Gasteiger partial charge in [0.05, 0.1) is 17.6 Å². The number of aryl methyl sites for hydroxylation is 1. The number of aliphatic hydroxyl groups excluding tert-OH is 4. The minimum absolute atomic E-state index is 0.0207. The fourth-order valence-corrected chi connectivity index (χ4v) is 6.53. The van der Waals surface area contributed by atoms with Crippen molar-refractivity contribution in [3.05, 3.63) is 56.7 Å². The van der Waals surface area contributed by atoms with Crippen molar-refractivity contribution >= 4 is 43.5 Å². The van der Waals surface area contributed by atoms with Crippen molar-refractivity contribution in [1.82, 2.24) is 0 Å². The first kappa shape index (κ1) is 30.8. The standard InChI is InChI=1S/C32H32O14/c1-10-5-8-16-18-17(10)29(38)45-26-15-9-13(6-7-14(15)23(35)20(19(18)26)30(39)44-16)43-32-28(24(36)21(33)11(2)42-32)46-31-25(37)27(40-4)22(34)12(3)41-31/h5-9,11-12,21-22,24-25,27-28,31-37H,1-4H3/t11-,12-,21-,22-,24-,25-,27-,28-,31-,32-/m1/s1. The average molecular weight is 641 g/mol. The molecule has 46 heavy (non-hydrogen) atoms. The maximum atomic E-state index is 13.2. The van der Waals surface area contributed by atoms with Gasteiger partial charge in [-0.3, -0.25) is 0 Å². The third-order valence-corrected chi connectivity index (χ3v) is 9.02. The highest BCUT2D eigenvalue weighted by Gasteiger charge is 2.50. The minimum atomic E-state index is -1.56. The van der Waals surface area contributed by atoms with Gasteiger partial charge < -0.3 is 58.1 Å². The Balaban J connectivity index is 1.32. The molecule has 7 rings (SSSR count). The topological polar surface area (TPSA) is 208 Å². The molecule has 14 heteroatoms. The van der Waals surface area contributed by atoms with E-state index in [0.29, 0.717) is 10.9 Å². The number of fused-ring (bicyclic) bond motifs is 2. The van der Waals surface area contributed by atoms with Crippen LogP contribution >= 0.6 is 0 Å². The average Bonchev–Trinajstić information content (AvgIpc) is 3.02. The second-order valence-electron chi connectivity index (χ2n) is 11.8. The van der Waals surface area contributed by atoms with Crippen LogP contribution in [0.4, 0.5) is 0 Å². The first-order valence-electron chi connectivity index (χ1n) is 14.7. The van der Waals surface area contributed by atoms with Crippen LogP contribution in [-0.4, -0.2) is 94.1 Å². The first-order chi connectivity index (χ1) is 21.9. The maximum Gasteiger partial charge on any atom is 0.348 e. The van der Waals surface area contributed by atoms with E-state index >= 15 is 0 Å². The summed E-state index contributed by atoms with van der Waals surface area (Å²) in [7, 11) is 1.31. The van der Waals surface area contributed by atoms with Crippen molar-refractivity contribution in [2.45, 2.75) is 82.2 Å². The van der Waals surface area contributed by atoms with Gasteiger partial charge in [0.1, 0.15) is 58.6 Å². The molecule has 2 aliphatic rings. The van der Waals surface area contributed by atoms with E-state index in [4.69, 9.17) is 32.5 Å². The molecular formula is C32H32O14. The first-order valence-corrected chi connectivity index (χ1v) is 14.7. The second kappa shape index (κ2) is 11.1. The lowest BCUT2D eigenvalue weighted by Gasteiger charge is -2.46.